The van der Waals surface area contributed by atoms with Crippen molar-refractivity contribution in [1.29, 1.82) is 0 Å². The summed E-state index contributed by atoms with van der Waals surface area (Å²) in [4.78, 5) is 13.8. The molecule has 1 amide bonds. The predicted molar refractivity (Wildman–Crippen MR) is 69.7 cm³/mol. The maximum absolute atomic E-state index is 13.8. The standard InChI is InChI=1S/C14H18F2N2O/c1-2-9-4-3-7-18(8-9)14(19)12-10(15)5-6-11(17)13(12)16/h5-6,9H,2-4,7-8,17H2,1H3. The Morgan fingerprint density at radius 2 is 2.21 bits per heavy atom. The molecule has 1 aromatic carbocycles. The van der Waals surface area contributed by atoms with E-state index in [9.17, 15) is 13.6 Å². The van der Waals surface area contributed by atoms with Crippen molar-refractivity contribution in [3.8, 4) is 0 Å². The molecule has 0 saturated carbocycles. The minimum atomic E-state index is -0.955. The van der Waals surface area contributed by atoms with Gasteiger partial charge in [0, 0.05) is 13.1 Å². The minimum absolute atomic E-state index is 0.200. The van der Waals surface area contributed by atoms with Crippen LogP contribution in [0.2, 0.25) is 0 Å². The van der Waals surface area contributed by atoms with E-state index in [1.807, 2.05) is 0 Å². The fourth-order valence-corrected chi connectivity index (χ4v) is 2.51. The molecule has 1 aliphatic heterocycles. The Balaban J connectivity index is 2.27. The number of nitrogens with zero attached hydrogens (tertiary/aromatic N) is 1. The largest absolute Gasteiger partial charge is 0.396 e. The second kappa shape index (κ2) is 5.55. The van der Waals surface area contributed by atoms with Gasteiger partial charge in [0.2, 0.25) is 0 Å². The maximum Gasteiger partial charge on any atom is 0.259 e. The number of amides is 1. The molecule has 19 heavy (non-hydrogen) atoms. The lowest BCUT2D eigenvalue weighted by Gasteiger charge is -2.32. The third kappa shape index (κ3) is 2.69. The molecule has 3 nitrogen and oxygen atoms in total. The van der Waals surface area contributed by atoms with Gasteiger partial charge in [0.1, 0.15) is 11.4 Å². The van der Waals surface area contributed by atoms with Crippen LogP contribution in [0.1, 0.15) is 36.5 Å². The third-order valence-electron chi connectivity index (χ3n) is 3.72. The number of nitrogens with two attached hydrogens (primary N) is 1. The zero-order chi connectivity index (χ0) is 14.0. The molecule has 1 atom stereocenters. The van der Waals surface area contributed by atoms with E-state index in [4.69, 9.17) is 5.73 Å². The fourth-order valence-electron chi connectivity index (χ4n) is 2.51. The second-order valence-corrected chi connectivity index (χ2v) is 4.99. The number of benzene rings is 1. The van der Waals surface area contributed by atoms with Gasteiger partial charge in [0.25, 0.3) is 5.91 Å². The van der Waals surface area contributed by atoms with Gasteiger partial charge >= 0.3 is 0 Å². The van der Waals surface area contributed by atoms with Crippen molar-refractivity contribution in [3.05, 3.63) is 29.3 Å². The summed E-state index contributed by atoms with van der Waals surface area (Å²) in [5.74, 6) is -2.00. The number of carbonyl (C=O) groups excluding carboxylic acids is 1. The van der Waals surface area contributed by atoms with Crippen LogP contribution in [0, 0.1) is 17.6 Å². The van der Waals surface area contributed by atoms with Crippen molar-refractivity contribution in [1.82, 2.24) is 4.90 Å². The van der Waals surface area contributed by atoms with Gasteiger partial charge in [-0.2, -0.15) is 0 Å². The van der Waals surface area contributed by atoms with E-state index in [1.165, 1.54) is 4.90 Å². The van der Waals surface area contributed by atoms with E-state index in [2.05, 4.69) is 6.92 Å². The van der Waals surface area contributed by atoms with Crippen molar-refractivity contribution >= 4 is 11.6 Å². The molecule has 5 heteroatoms. The Morgan fingerprint density at radius 1 is 1.47 bits per heavy atom. The molecule has 1 unspecified atom stereocenters. The zero-order valence-electron chi connectivity index (χ0n) is 11.0. The van der Waals surface area contributed by atoms with Crippen LogP contribution in [0.15, 0.2) is 12.1 Å². The predicted octanol–water partition coefficient (Wildman–Crippen LogP) is 2.81. The first-order chi connectivity index (χ1) is 9.04. The lowest BCUT2D eigenvalue weighted by Crippen LogP contribution is -2.40. The van der Waals surface area contributed by atoms with Crippen LogP contribution < -0.4 is 5.73 Å². The van der Waals surface area contributed by atoms with Crippen LogP contribution >= 0.6 is 0 Å². The van der Waals surface area contributed by atoms with Crippen molar-refractivity contribution in [2.24, 2.45) is 5.92 Å². The first-order valence-corrected chi connectivity index (χ1v) is 6.57. The van der Waals surface area contributed by atoms with Crippen molar-refractivity contribution < 1.29 is 13.6 Å². The average Bonchev–Trinajstić information content (AvgIpc) is 2.43. The Bertz CT molecular complexity index is 491. The second-order valence-electron chi connectivity index (χ2n) is 4.99. The Hall–Kier alpha value is -1.65. The topological polar surface area (TPSA) is 46.3 Å². The molecule has 104 valence electrons. The number of rotatable bonds is 2. The SMILES string of the molecule is CCC1CCCN(C(=O)c2c(F)ccc(N)c2F)C1. The van der Waals surface area contributed by atoms with Gasteiger partial charge in [-0.3, -0.25) is 4.79 Å². The van der Waals surface area contributed by atoms with Gasteiger partial charge < -0.3 is 10.6 Å². The zero-order valence-corrected chi connectivity index (χ0v) is 11.0. The van der Waals surface area contributed by atoms with Crippen molar-refractivity contribution in [3.63, 3.8) is 0 Å². The number of halogens is 2. The van der Waals surface area contributed by atoms with Crippen molar-refractivity contribution in [2.75, 3.05) is 18.8 Å². The van der Waals surface area contributed by atoms with Gasteiger partial charge in [-0.15, -0.1) is 0 Å². The summed E-state index contributed by atoms with van der Waals surface area (Å²) < 4.78 is 27.5. The van der Waals surface area contributed by atoms with E-state index in [-0.39, 0.29) is 5.69 Å². The number of likely N-dealkylation sites (tertiary alicyclic amines) is 1. The molecule has 0 bridgehead atoms. The minimum Gasteiger partial charge on any atom is -0.396 e. The van der Waals surface area contributed by atoms with Gasteiger partial charge in [0.15, 0.2) is 5.82 Å². The van der Waals surface area contributed by atoms with E-state index in [0.29, 0.717) is 19.0 Å². The summed E-state index contributed by atoms with van der Waals surface area (Å²) >= 11 is 0. The van der Waals surface area contributed by atoms with E-state index >= 15 is 0 Å². The van der Waals surface area contributed by atoms with Gasteiger partial charge in [-0.25, -0.2) is 8.78 Å². The fraction of sp³-hybridized carbons (Fsp3) is 0.500. The molecular weight excluding hydrogens is 250 g/mol. The molecule has 1 saturated heterocycles. The van der Waals surface area contributed by atoms with Crippen LogP contribution in [0.5, 0.6) is 0 Å². The number of carbonyl (C=O) groups is 1. The smallest absolute Gasteiger partial charge is 0.259 e. The number of piperidine rings is 1. The lowest BCUT2D eigenvalue weighted by molar-refractivity contribution is 0.0661. The molecule has 2 N–H and O–H groups in total. The molecule has 0 spiro atoms. The van der Waals surface area contributed by atoms with E-state index in [1.54, 1.807) is 0 Å². The molecule has 0 aliphatic carbocycles. The molecule has 2 rings (SSSR count). The monoisotopic (exact) mass is 268 g/mol. The molecule has 1 fully saturated rings. The number of hydrogen-bond donors (Lipinski definition) is 1. The van der Waals surface area contributed by atoms with Gasteiger partial charge in [-0.1, -0.05) is 13.3 Å². The third-order valence-corrected chi connectivity index (χ3v) is 3.72. The Morgan fingerprint density at radius 3 is 2.89 bits per heavy atom. The normalized spacial score (nSPS) is 19.5. The van der Waals surface area contributed by atoms with Crippen LogP contribution in [0.4, 0.5) is 14.5 Å². The maximum atomic E-state index is 13.8. The van der Waals surface area contributed by atoms with Crippen LogP contribution in [-0.4, -0.2) is 23.9 Å². The van der Waals surface area contributed by atoms with Gasteiger partial charge in [-0.05, 0) is 30.9 Å². The molecule has 0 radical (unpaired) electrons. The summed E-state index contributed by atoms with van der Waals surface area (Å²) in [5, 5.41) is 0. The average molecular weight is 268 g/mol. The highest BCUT2D eigenvalue weighted by molar-refractivity contribution is 5.95. The van der Waals surface area contributed by atoms with Crippen LogP contribution in [0.3, 0.4) is 0 Å². The molecule has 0 aromatic heterocycles. The molecular formula is C14H18F2N2O. The highest BCUT2D eigenvalue weighted by Crippen LogP contribution is 2.24. The molecule has 1 heterocycles. The summed E-state index contributed by atoms with van der Waals surface area (Å²) in [6.45, 7) is 3.16. The van der Waals surface area contributed by atoms with Crippen LogP contribution in [0.25, 0.3) is 0 Å². The Kier molecular flexibility index (Phi) is 4.02. The quantitative estimate of drug-likeness (QED) is 0.838. The highest BCUT2D eigenvalue weighted by atomic mass is 19.1. The Labute approximate surface area is 111 Å². The van der Waals surface area contributed by atoms with Gasteiger partial charge in [0.05, 0.1) is 5.69 Å². The summed E-state index contributed by atoms with van der Waals surface area (Å²) in [6.07, 6.45) is 2.89. The molecule has 1 aromatic rings. The van der Waals surface area contributed by atoms with E-state index in [0.717, 1.165) is 31.4 Å². The summed E-state index contributed by atoms with van der Waals surface area (Å²) in [5.41, 5.74) is 4.67. The number of anilines is 1. The van der Waals surface area contributed by atoms with E-state index < -0.39 is 23.1 Å². The number of nitrogen functional groups attached to an aromatic ring is 1. The first kappa shape index (κ1) is 13.8. The molecule has 1 aliphatic rings. The summed E-state index contributed by atoms with van der Waals surface area (Å²) in [7, 11) is 0. The van der Waals surface area contributed by atoms with Crippen molar-refractivity contribution in [2.45, 2.75) is 26.2 Å². The first-order valence-electron chi connectivity index (χ1n) is 6.57. The lowest BCUT2D eigenvalue weighted by atomic mass is 9.95. The highest BCUT2D eigenvalue weighted by Gasteiger charge is 2.28. The van der Waals surface area contributed by atoms with Crippen LogP contribution in [-0.2, 0) is 0 Å². The summed E-state index contributed by atoms with van der Waals surface area (Å²) in [6, 6.07) is 2.17. The number of hydrogen-bond acceptors (Lipinski definition) is 2.